The van der Waals surface area contributed by atoms with Gasteiger partial charge in [0.25, 0.3) is 0 Å². The largest absolute Gasteiger partial charge is 0.496 e. The van der Waals surface area contributed by atoms with Gasteiger partial charge in [-0.1, -0.05) is 45.8 Å². The molecule has 0 heterocycles. The Morgan fingerprint density at radius 2 is 2.17 bits per heavy atom. The third-order valence-corrected chi connectivity index (χ3v) is 3.54. The number of methoxy groups -OCH3 is 1. The summed E-state index contributed by atoms with van der Waals surface area (Å²) in [5.74, 6) is 1.57. The lowest BCUT2D eigenvalue weighted by atomic mass is 9.91. The maximum absolute atomic E-state index is 5.68. The molecule has 0 amide bonds. The van der Waals surface area contributed by atoms with E-state index in [-0.39, 0.29) is 0 Å². The van der Waals surface area contributed by atoms with Crippen molar-refractivity contribution in [1.29, 1.82) is 0 Å². The van der Waals surface area contributed by atoms with Crippen molar-refractivity contribution in [3.8, 4) is 5.75 Å². The van der Waals surface area contributed by atoms with Crippen molar-refractivity contribution in [2.45, 2.75) is 46.0 Å². The first-order valence-electron chi connectivity index (χ1n) is 6.88. The third kappa shape index (κ3) is 4.21. The summed E-state index contributed by atoms with van der Waals surface area (Å²) in [6.45, 7) is 10.2. The molecule has 98 valence electrons. The Morgan fingerprint density at radius 3 is 2.72 bits per heavy atom. The van der Waals surface area contributed by atoms with Crippen LogP contribution in [0.4, 0.5) is 0 Å². The van der Waals surface area contributed by atoms with Gasteiger partial charge in [-0.15, -0.1) is 0 Å². The van der Waals surface area contributed by atoms with Gasteiger partial charge in [-0.05, 0) is 42.0 Å². The first-order chi connectivity index (χ1) is 8.74. The fraction of sp³-hybridized carbons (Fsp3) is 0.529. The lowest BCUT2D eigenvalue weighted by Crippen LogP contribution is -2.02. The van der Waals surface area contributed by atoms with Crippen LogP contribution in [0.5, 0.6) is 5.75 Å². The van der Waals surface area contributed by atoms with E-state index < -0.39 is 0 Å². The smallest absolute Gasteiger partial charge is 0.127 e. The molecule has 1 nitrogen and oxygen atoms in total. The molecule has 1 heteroatoms. The summed E-state index contributed by atoms with van der Waals surface area (Å²) >= 11 is 0. The Labute approximate surface area is 112 Å². The van der Waals surface area contributed by atoms with Crippen LogP contribution in [0.25, 0.3) is 6.08 Å². The summed E-state index contributed by atoms with van der Waals surface area (Å²) in [6, 6.07) is 7.10. The van der Waals surface area contributed by atoms with Crippen LogP contribution >= 0.6 is 0 Å². The molecule has 0 aliphatic carbocycles. The molecule has 2 radical (unpaired) electrons. The summed E-state index contributed by atoms with van der Waals surface area (Å²) in [5.41, 5.74) is 2.34. The van der Waals surface area contributed by atoms with Crippen molar-refractivity contribution in [3.05, 3.63) is 35.9 Å². The Balaban J connectivity index is 2.68. The number of hydrogen-bond acceptors (Lipinski definition) is 1. The normalized spacial score (nSPS) is 12.2. The summed E-state index contributed by atoms with van der Waals surface area (Å²) in [6.07, 6.45) is 7.80. The second kappa shape index (κ2) is 7.97. The average molecular weight is 244 g/mol. The minimum atomic E-state index is 0.746. The molecule has 1 aromatic carbocycles. The average Bonchev–Trinajstić information content (AvgIpc) is 2.43. The molecule has 0 aromatic heterocycles. The van der Waals surface area contributed by atoms with E-state index in [1.165, 1.54) is 31.2 Å². The van der Waals surface area contributed by atoms with Crippen molar-refractivity contribution < 1.29 is 4.74 Å². The molecule has 0 fully saturated rings. The van der Waals surface area contributed by atoms with E-state index in [0.29, 0.717) is 0 Å². The number of aryl methyl sites for hydroxylation is 1. The topological polar surface area (TPSA) is 9.23 Å². The fourth-order valence-corrected chi connectivity index (χ4v) is 2.33. The second-order valence-corrected chi connectivity index (χ2v) is 4.75. The van der Waals surface area contributed by atoms with E-state index in [9.17, 15) is 0 Å². The molecular weight excluding hydrogens is 220 g/mol. The van der Waals surface area contributed by atoms with Crippen LogP contribution in [-0.4, -0.2) is 7.11 Å². The van der Waals surface area contributed by atoms with Crippen molar-refractivity contribution >= 4 is 6.08 Å². The van der Waals surface area contributed by atoms with Crippen LogP contribution in [-0.2, 0) is 6.42 Å². The Kier molecular flexibility index (Phi) is 6.56. The fourth-order valence-electron chi connectivity index (χ4n) is 2.33. The molecular formula is C17H24O. The first-order valence-corrected chi connectivity index (χ1v) is 6.88. The summed E-state index contributed by atoms with van der Waals surface area (Å²) < 4.78 is 5.17. The zero-order valence-electron chi connectivity index (χ0n) is 11.8. The molecule has 0 N–H and O–H groups in total. The SMILES string of the molecule is [CH]=Cc1cc(OC)[c]cc1CCC(CC)CCC. The zero-order chi connectivity index (χ0) is 13.4. The molecule has 0 saturated heterocycles. The van der Waals surface area contributed by atoms with Crippen molar-refractivity contribution in [1.82, 2.24) is 0 Å². The number of benzene rings is 1. The minimum Gasteiger partial charge on any atom is -0.496 e. The van der Waals surface area contributed by atoms with E-state index in [2.05, 4.69) is 19.9 Å². The molecule has 1 aromatic rings. The molecule has 1 rings (SSSR count). The highest BCUT2D eigenvalue weighted by atomic mass is 16.5. The molecule has 0 saturated carbocycles. The van der Waals surface area contributed by atoms with Crippen LogP contribution in [0.1, 0.15) is 50.7 Å². The van der Waals surface area contributed by atoms with Crippen molar-refractivity contribution in [2.75, 3.05) is 7.11 Å². The molecule has 0 aliphatic heterocycles. The first kappa shape index (κ1) is 14.8. The van der Waals surface area contributed by atoms with Gasteiger partial charge >= 0.3 is 0 Å². The zero-order valence-corrected chi connectivity index (χ0v) is 11.8. The number of hydrogen-bond donors (Lipinski definition) is 0. The van der Waals surface area contributed by atoms with Crippen LogP contribution < -0.4 is 4.74 Å². The summed E-state index contributed by atoms with van der Waals surface area (Å²) in [4.78, 5) is 0. The van der Waals surface area contributed by atoms with Gasteiger partial charge in [0.05, 0.1) is 7.11 Å². The highest BCUT2D eigenvalue weighted by Gasteiger charge is 2.08. The van der Waals surface area contributed by atoms with Gasteiger partial charge in [0.15, 0.2) is 0 Å². The summed E-state index contributed by atoms with van der Waals surface area (Å²) in [7, 11) is 1.65. The predicted octanol–water partition coefficient (Wildman–Crippen LogP) is 4.70. The Morgan fingerprint density at radius 1 is 1.39 bits per heavy atom. The van der Waals surface area contributed by atoms with E-state index in [1.807, 2.05) is 12.1 Å². The molecule has 0 bridgehead atoms. The van der Waals surface area contributed by atoms with Gasteiger partial charge in [-0.3, -0.25) is 0 Å². The predicted molar refractivity (Wildman–Crippen MR) is 77.6 cm³/mol. The summed E-state index contributed by atoms with van der Waals surface area (Å²) in [5, 5.41) is 0. The van der Waals surface area contributed by atoms with Crippen LogP contribution in [0.15, 0.2) is 12.1 Å². The van der Waals surface area contributed by atoms with Gasteiger partial charge in [0.1, 0.15) is 5.75 Å². The highest BCUT2D eigenvalue weighted by Crippen LogP contribution is 2.23. The van der Waals surface area contributed by atoms with E-state index in [4.69, 9.17) is 11.3 Å². The lowest BCUT2D eigenvalue weighted by molar-refractivity contribution is 0.413. The van der Waals surface area contributed by atoms with Crippen LogP contribution in [0.2, 0.25) is 0 Å². The second-order valence-electron chi connectivity index (χ2n) is 4.75. The lowest BCUT2D eigenvalue weighted by Gasteiger charge is -2.15. The maximum atomic E-state index is 5.68. The van der Waals surface area contributed by atoms with Gasteiger partial charge < -0.3 is 4.74 Å². The Hall–Kier alpha value is -1.24. The molecule has 1 unspecified atom stereocenters. The van der Waals surface area contributed by atoms with Gasteiger partial charge in [0, 0.05) is 6.07 Å². The molecule has 18 heavy (non-hydrogen) atoms. The minimum absolute atomic E-state index is 0.746. The van der Waals surface area contributed by atoms with Crippen LogP contribution in [0, 0.1) is 18.6 Å². The highest BCUT2D eigenvalue weighted by molar-refractivity contribution is 5.53. The van der Waals surface area contributed by atoms with Crippen molar-refractivity contribution in [3.63, 3.8) is 0 Å². The number of ether oxygens (including phenoxy) is 1. The van der Waals surface area contributed by atoms with E-state index in [1.54, 1.807) is 13.2 Å². The molecule has 0 aliphatic rings. The van der Waals surface area contributed by atoms with Crippen molar-refractivity contribution in [2.24, 2.45) is 5.92 Å². The number of rotatable bonds is 8. The van der Waals surface area contributed by atoms with E-state index in [0.717, 1.165) is 23.7 Å². The standard InChI is InChI=1S/C17H24O/c1-5-8-14(6-2)9-10-16-11-12-17(18-4)13-15(16)7-3/h3,7,11,13-14H,5-6,8-10H2,1-2,4H3. The van der Waals surface area contributed by atoms with Gasteiger partial charge in [0.2, 0.25) is 0 Å². The molecule has 0 spiro atoms. The van der Waals surface area contributed by atoms with Crippen LogP contribution in [0.3, 0.4) is 0 Å². The van der Waals surface area contributed by atoms with E-state index >= 15 is 0 Å². The monoisotopic (exact) mass is 244 g/mol. The maximum Gasteiger partial charge on any atom is 0.127 e. The quantitative estimate of drug-likeness (QED) is 0.644. The van der Waals surface area contributed by atoms with Gasteiger partial charge in [-0.2, -0.15) is 0 Å². The Bertz CT molecular complexity index is 368. The molecule has 1 atom stereocenters. The van der Waals surface area contributed by atoms with Gasteiger partial charge in [-0.25, -0.2) is 0 Å². The third-order valence-electron chi connectivity index (χ3n) is 3.54.